The van der Waals surface area contributed by atoms with Crippen LogP contribution < -0.4 is 5.32 Å². The molecule has 2 N–H and O–H groups in total. The smallest absolute Gasteiger partial charge is 0.324 e. The number of aliphatic hydroxyl groups excluding tert-OH is 1. The van der Waals surface area contributed by atoms with Crippen molar-refractivity contribution >= 4 is 11.9 Å². The zero-order valence-corrected chi connectivity index (χ0v) is 7.77. The number of β-amino-alcohol motifs (C(OH)–C–C–N with tert-alkyl or cyclic N) is 1. The Bertz CT molecular complexity index is 263. The van der Waals surface area contributed by atoms with Gasteiger partial charge >= 0.3 is 6.03 Å². The highest BCUT2D eigenvalue weighted by atomic mass is 16.3. The summed E-state index contributed by atoms with van der Waals surface area (Å²) >= 11 is 0. The van der Waals surface area contributed by atoms with Gasteiger partial charge < -0.3 is 10.4 Å². The van der Waals surface area contributed by atoms with Gasteiger partial charge in [-0.1, -0.05) is 0 Å². The highest BCUT2D eigenvalue weighted by Crippen LogP contribution is 2.08. The van der Waals surface area contributed by atoms with Gasteiger partial charge in [-0.05, 0) is 0 Å². The highest BCUT2D eigenvalue weighted by molar-refractivity contribution is 5.96. The molecule has 2 saturated heterocycles. The van der Waals surface area contributed by atoms with Crippen LogP contribution in [0.3, 0.4) is 0 Å². The molecule has 0 saturated carbocycles. The van der Waals surface area contributed by atoms with Gasteiger partial charge in [0.25, 0.3) is 0 Å². The summed E-state index contributed by atoms with van der Waals surface area (Å²) in [7, 11) is 0. The topological polar surface area (TPSA) is 72.9 Å². The molecule has 0 atom stereocenters. The number of carbonyl (C=O) groups is 2. The van der Waals surface area contributed by atoms with Crippen LogP contribution in [0.2, 0.25) is 0 Å². The van der Waals surface area contributed by atoms with Gasteiger partial charge in [0.2, 0.25) is 5.91 Å². The second kappa shape index (κ2) is 3.55. The fraction of sp³-hybridized carbons (Fsp3) is 0.750. The van der Waals surface area contributed by atoms with E-state index in [1.165, 1.54) is 4.90 Å². The standard InChI is InChI=1S/C8H13N3O3/c12-6-3-10(4-6)5-7(13)11-2-1-9-8(11)14/h6,12H,1-5H2,(H,9,14). The molecule has 0 unspecified atom stereocenters. The Morgan fingerprint density at radius 2 is 2.29 bits per heavy atom. The molecule has 0 aromatic carbocycles. The molecular weight excluding hydrogens is 186 g/mol. The minimum Gasteiger partial charge on any atom is -0.390 e. The third kappa shape index (κ3) is 1.71. The molecule has 78 valence electrons. The zero-order chi connectivity index (χ0) is 10.1. The van der Waals surface area contributed by atoms with Gasteiger partial charge in [0.15, 0.2) is 0 Å². The van der Waals surface area contributed by atoms with Crippen LogP contribution in [0.15, 0.2) is 0 Å². The van der Waals surface area contributed by atoms with Crippen molar-refractivity contribution in [2.75, 3.05) is 32.7 Å². The summed E-state index contributed by atoms with van der Waals surface area (Å²) in [4.78, 5) is 25.6. The summed E-state index contributed by atoms with van der Waals surface area (Å²) in [5.41, 5.74) is 0. The molecule has 0 aromatic rings. The van der Waals surface area contributed by atoms with Gasteiger partial charge in [-0.2, -0.15) is 0 Å². The predicted molar refractivity (Wildman–Crippen MR) is 47.6 cm³/mol. The van der Waals surface area contributed by atoms with E-state index in [0.717, 1.165) is 0 Å². The average Bonchev–Trinajstić information content (AvgIpc) is 2.48. The molecule has 0 spiro atoms. The van der Waals surface area contributed by atoms with E-state index in [0.29, 0.717) is 26.2 Å². The van der Waals surface area contributed by atoms with Gasteiger partial charge in [-0.15, -0.1) is 0 Å². The first kappa shape index (κ1) is 9.42. The molecule has 0 bridgehead atoms. The maximum Gasteiger partial charge on any atom is 0.324 e. The quantitative estimate of drug-likeness (QED) is 0.551. The van der Waals surface area contributed by atoms with Gasteiger partial charge in [-0.25, -0.2) is 4.79 Å². The molecule has 14 heavy (non-hydrogen) atoms. The lowest BCUT2D eigenvalue weighted by molar-refractivity contribution is -0.131. The van der Waals surface area contributed by atoms with Gasteiger partial charge in [0.05, 0.1) is 12.6 Å². The Hall–Kier alpha value is -1.14. The Morgan fingerprint density at radius 1 is 1.57 bits per heavy atom. The fourth-order valence-corrected chi connectivity index (χ4v) is 1.66. The van der Waals surface area contributed by atoms with Crippen LogP contribution in [0.5, 0.6) is 0 Å². The number of carbonyl (C=O) groups excluding carboxylic acids is 2. The first-order valence-corrected chi connectivity index (χ1v) is 4.65. The summed E-state index contributed by atoms with van der Waals surface area (Å²) in [6.45, 7) is 2.27. The van der Waals surface area contributed by atoms with Crippen LogP contribution in [-0.2, 0) is 4.79 Å². The molecule has 0 aromatic heterocycles. The number of rotatable bonds is 2. The lowest BCUT2D eigenvalue weighted by Crippen LogP contribution is -2.54. The second-order valence-corrected chi connectivity index (χ2v) is 3.63. The monoisotopic (exact) mass is 199 g/mol. The summed E-state index contributed by atoms with van der Waals surface area (Å²) in [5.74, 6) is -0.188. The third-order valence-electron chi connectivity index (χ3n) is 2.45. The molecule has 2 rings (SSSR count). The average molecular weight is 199 g/mol. The van der Waals surface area contributed by atoms with Crippen molar-refractivity contribution in [3.8, 4) is 0 Å². The number of urea groups is 1. The van der Waals surface area contributed by atoms with Crippen molar-refractivity contribution in [3.05, 3.63) is 0 Å². The number of likely N-dealkylation sites (tertiary alicyclic amines) is 1. The molecular formula is C8H13N3O3. The summed E-state index contributed by atoms with van der Waals surface area (Å²) < 4.78 is 0. The Labute approximate surface area is 81.5 Å². The number of aliphatic hydroxyl groups is 1. The largest absolute Gasteiger partial charge is 0.390 e. The van der Waals surface area contributed by atoms with Crippen LogP contribution in [0, 0.1) is 0 Å². The maximum absolute atomic E-state index is 11.5. The molecule has 3 amide bonds. The summed E-state index contributed by atoms with van der Waals surface area (Å²) in [6.07, 6.45) is -0.310. The van der Waals surface area contributed by atoms with E-state index in [-0.39, 0.29) is 24.6 Å². The van der Waals surface area contributed by atoms with Crippen molar-refractivity contribution in [3.63, 3.8) is 0 Å². The molecule has 2 aliphatic rings. The Morgan fingerprint density at radius 3 is 2.79 bits per heavy atom. The van der Waals surface area contributed by atoms with E-state index in [1.807, 2.05) is 4.90 Å². The number of amides is 3. The number of nitrogens with zero attached hydrogens (tertiary/aromatic N) is 2. The zero-order valence-electron chi connectivity index (χ0n) is 7.77. The van der Waals surface area contributed by atoms with Crippen molar-refractivity contribution in [1.82, 2.24) is 15.1 Å². The van der Waals surface area contributed by atoms with Crippen LogP contribution in [0.1, 0.15) is 0 Å². The molecule has 2 heterocycles. The molecule has 2 aliphatic heterocycles. The molecule has 0 radical (unpaired) electrons. The molecule has 0 aliphatic carbocycles. The first-order valence-electron chi connectivity index (χ1n) is 4.65. The lowest BCUT2D eigenvalue weighted by atomic mass is 10.2. The van der Waals surface area contributed by atoms with Crippen LogP contribution in [0.4, 0.5) is 4.79 Å². The SMILES string of the molecule is O=C(CN1CC(O)C1)N1CCNC1=O. The van der Waals surface area contributed by atoms with Crippen LogP contribution in [-0.4, -0.2) is 65.7 Å². The van der Waals surface area contributed by atoms with E-state index < -0.39 is 0 Å². The van der Waals surface area contributed by atoms with Crippen molar-refractivity contribution < 1.29 is 14.7 Å². The number of hydrogen-bond acceptors (Lipinski definition) is 4. The minimum absolute atomic E-state index is 0.188. The number of imide groups is 1. The minimum atomic E-state index is -0.310. The molecule has 6 nitrogen and oxygen atoms in total. The molecule has 2 fully saturated rings. The van der Waals surface area contributed by atoms with E-state index in [2.05, 4.69) is 5.32 Å². The highest BCUT2D eigenvalue weighted by Gasteiger charge is 2.31. The number of hydrogen-bond donors (Lipinski definition) is 2. The van der Waals surface area contributed by atoms with Crippen LogP contribution >= 0.6 is 0 Å². The van der Waals surface area contributed by atoms with Crippen molar-refractivity contribution in [1.29, 1.82) is 0 Å². The number of nitrogens with one attached hydrogen (secondary N) is 1. The normalized spacial score (nSPS) is 23.5. The van der Waals surface area contributed by atoms with E-state index in [4.69, 9.17) is 5.11 Å². The van der Waals surface area contributed by atoms with Gasteiger partial charge in [0.1, 0.15) is 0 Å². The van der Waals surface area contributed by atoms with Gasteiger partial charge in [0, 0.05) is 26.2 Å². The summed E-state index contributed by atoms with van der Waals surface area (Å²) in [5, 5.41) is 11.6. The Kier molecular flexibility index (Phi) is 2.39. The Balaban J connectivity index is 1.80. The van der Waals surface area contributed by atoms with E-state index >= 15 is 0 Å². The predicted octanol–water partition coefficient (Wildman–Crippen LogP) is -1.79. The third-order valence-corrected chi connectivity index (χ3v) is 2.45. The second-order valence-electron chi connectivity index (χ2n) is 3.63. The first-order chi connectivity index (χ1) is 6.66. The van der Waals surface area contributed by atoms with Gasteiger partial charge in [-0.3, -0.25) is 14.6 Å². The maximum atomic E-state index is 11.5. The van der Waals surface area contributed by atoms with E-state index in [1.54, 1.807) is 0 Å². The summed E-state index contributed by atoms with van der Waals surface area (Å²) in [6, 6.07) is -0.309. The fourth-order valence-electron chi connectivity index (χ4n) is 1.66. The van der Waals surface area contributed by atoms with E-state index in [9.17, 15) is 9.59 Å². The van der Waals surface area contributed by atoms with Crippen molar-refractivity contribution in [2.45, 2.75) is 6.10 Å². The lowest BCUT2D eigenvalue weighted by Gasteiger charge is -2.35. The molecule has 6 heteroatoms. The van der Waals surface area contributed by atoms with Crippen molar-refractivity contribution in [2.24, 2.45) is 0 Å². The van der Waals surface area contributed by atoms with Crippen LogP contribution in [0.25, 0.3) is 0 Å².